The van der Waals surface area contributed by atoms with Gasteiger partial charge in [0.2, 0.25) is 0 Å². The lowest BCUT2D eigenvalue weighted by Gasteiger charge is -2.17. The van der Waals surface area contributed by atoms with Crippen LogP contribution in [0, 0.1) is 0 Å². The molecular weight excluding hydrogens is 282 g/mol. The van der Waals surface area contributed by atoms with Crippen LogP contribution in [0.4, 0.5) is 5.82 Å². The van der Waals surface area contributed by atoms with Gasteiger partial charge in [0.25, 0.3) is 0 Å². The van der Waals surface area contributed by atoms with Crippen molar-refractivity contribution in [2.75, 3.05) is 25.0 Å². The van der Waals surface area contributed by atoms with E-state index < -0.39 is 0 Å². The molecule has 5 nitrogen and oxygen atoms in total. The van der Waals surface area contributed by atoms with Crippen molar-refractivity contribution >= 4 is 27.4 Å². The first-order valence-corrected chi connectivity index (χ1v) is 6.50. The van der Waals surface area contributed by atoms with Crippen molar-refractivity contribution in [2.24, 2.45) is 0 Å². The quantitative estimate of drug-likeness (QED) is 0.907. The van der Waals surface area contributed by atoms with E-state index in [0.717, 1.165) is 29.2 Å². The van der Waals surface area contributed by atoms with E-state index in [1.54, 1.807) is 6.20 Å². The Hall–Kier alpha value is -1.14. The third kappa shape index (κ3) is 1.91. The predicted octanol–water partition coefficient (Wildman–Crippen LogP) is 1.29. The summed E-state index contributed by atoms with van der Waals surface area (Å²) in [5.41, 5.74) is 0.866. The smallest absolute Gasteiger partial charge is 0.154 e. The first kappa shape index (κ1) is 11.0. The van der Waals surface area contributed by atoms with E-state index in [1.807, 2.05) is 23.7 Å². The summed E-state index contributed by atoms with van der Waals surface area (Å²) in [4.78, 5) is 6.54. The SMILES string of the molecule is CNC1CCN(c2ccc3ncc(Br)n3n2)C1. The molecule has 0 aliphatic carbocycles. The molecule has 6 heteroatoms. The summed E-state index contributed by atoms with van der Waals surface area (Å²) in [5, 5.41) is 7.90. The minimum absolute atomic E-state index is 0.568. The highest BCUT2D eigenvalue weighted by Crippen LogP contribution is 2.20. The van der Waals surface area contributed by atoms with Crippen molar-refractivity contribution < 1.29 is 0 Å². The van der Waals surface area contributed by atoms with Crippen LogP contribution in [0.15, 0.2) is 22.9 Å². The highest BCUT2D eigenvalue weighted by Gasteiger charge is 2.22. The van der Waals surface area contributed by atoms with Gasteiger partial charge < -0.3 is 10.2 Å². The molecule has 0 amide bonds. The summed E-state index contributed by atoms with van der Waals surface area (Å²) >= 11 is 3.44. The molecule has 1 aliphatic heterocycles. The zero-order valence-electron chi connectivity index (χ0n) is 9.60. The molecule has 1 aliphatic rings. The number of fused-ring (bicyclic) bond motifs is 1. The van der Waals surface area contributed by atoms with Crippen LogP contribution in [0.2, 0.25) is 0 Å². The number of nitrogens with zero attached hydrogens (tertiary/aromatic N) is 4. The lowest BCUT2D eigenvalue weighted by molar-refractivity contribution is 0.616. The van der Waals surface area contributed by atoms with Gasteiger partial charge in [-0.3, -0.25) is 0 Å². The van der Waals surface area contributed by atoms with Gasteiger partial charge in [0.1, 0.15) is 10.4 Å². The Kier molecular flexibility index (Phi) is 2.76. The third-order valence-corrected chi connectivity index (χ3v) is 3.77. The minimum Gasteiger partial charge on any atom is -0.354 e. The molecule has 90 valence electrons. The number of imidazole rings is 1. The maximum absolute atomic E-state index is 4.59. The van der Waals surface area contributed by atoms with E-state index in [4.69, 9.17) is 0 Å². The van der Waals surface area contributed by atoms with Crippen LogP contribution in [0.3, 0.4) is 0 Å². The summed E-state index contributed by atoms with van der Waals surface area (Å²) in [6, 6.07) is 4.60. The van der Waals surface area contributed by atoms with Crippen molar-refractivity contribution in [2.45, 2.75) is 12.5 Å². The Labute approximate surface area is 108 Å². The standard InChI is InChI=1S/C11H14BrN5/c1-13-8-4-5-16(7-8)11-3-2-10-14-6-9(12)17(10)15-11/h2-3,6,8,13H,4-5,7H2,1H3. The molecule has 0 aromatic carbocycles. The van der Waals surface area contributed by atoms with Crippen LogP contribution >= 0.6 is 15.9 Å². The summed E-state index contributed by atoms with van der Waals surface area (Å²) in [6.45, 7) is 2.07. The lowest BCUT2D eigenvalue weighted by atomic mass is 10.3. The van der Waals surface area contributed by atoms with Gasteiger partial charge in [-0.2, -0.15) is 0 Å². The van der Waals surface area contributed by atoms with Crippen LogP contribution in [0.25, 0.3) is 5.65 Å². The fourth-order valence-corrected chi connectivity index (χ4v) is 2.57. The van der Waals surface area contributed by atoms with Gasteiger partial charge in [-0.05, 0) is 41.5 Å². The summed E-state index contributed by atoms with van der Waals surface area (Å²) in [5.74, 6) is 1.01. The Morgan fingerprint density at radius 2 is 2.35 bits per heavy atom. The van der Waals surface area contributed by atoms with Gasteiger partial charge >= 0.3 is 0 Å². The number of anilines is 1. The molecule has 2 aromatic rings. The third-order valence-electron chi connectivity index (χ3n) is 3.23. The zero-order valence-corrected chi connectivity index (χ0v) is 11.2. The Morgan fingerprint density at radius 3 is 3.12 bits per heavy atom. The number of hydrogen-bond acceptors (Lipinski definition) is 4. The normalized spacial score (nSPS) is 20.4. The number of aromatic nitrogens is 3. The first-order valence-electron chi connectivity index (χ1n) is 5.70. The molecule has 0 saturated carbocycles. The highest BCUT2D eigenvalue weighted by atomic mass is 79.9. The molecule has 3 heterocycles. The molecule has 0 spiro atoms. The van der Waals surface area contributed by atoms with Crippen LogP contribution in [0.5, 0.6) is 0 Å². The van der Waals surface area contributed by atoms with Crippen molar-refractivity contribution in [3.05, 3.63) is 22.9 Å². The molecule has 17 heavy (non-hydrogen) atoms. The van der Waals surface area contributed by atoms with E-state index in [-0.39, 0.29) is 0 Å². The lowest BCUT2D eigenvalue weighted by Crippen LogP contribution is -2.30. The molecule has 1 fully saturated rings. The monoisotopic (exact) mass is 295 g/mol. The second-order valence-corrected chi connectivity index (χ2v) is 5.08. The highest BCUT2D eigenvalue weighted by molar-refractivity contribution is 9.10. The number of nitrogens with one attached hydrogen (secondary N) is 1. The maximum atomic E-state index is 4.59. The van der Waals surface area contributed by atoms with E-state index in [9.17, 15) is 0 Å². The number of hydrogen-bond donors (Lipinski definition) is 1. The molecule has 0 bridgehead atoms. The fraction of sp³-hybridized carbons (Fsp3) is 0.455. The van der Waals surface area contributed by atoms with E-state index in [0.29, 0.717) is 6.04 Å². The second-order valence-electron chi connectivity index (χ2n) is 4.26. The summed E-state index contributed by atoms with van der Waals surface area (Å²) in [6.07, 6.45) is 2.94. The zero-order chi connectivity index (χ0) is 11.8. The number of rotatable bonds is 2. The summed E-state index contributed by atoms with van der Waals surface area (Å²) < 4.78 is 2.71. The second kappa shape index (κ2) is 4.27. The topological polar surface area (TPSA) is 45.5 Å². The molecular formula is C11H14BrN5. The van der Waals surface area contributed by atoms with Gasteiger partial charge in [-0.25, -0.2) is 9.50 Å². The Bertz CT molecular complexity index is 538. The van der Waals surface area contributed by atoms with Gasteiger partial charge in [0, 0.05) is 19.1 Å². The average Bonchev–Trinajstić information content (AvgIpc) is 2.96. The van der Waals surface area contributed by atoms with E-state index >= 15 is 0 Å². The van der Waals surface area contributed by atoms with E-state index in [2.05, 4.69) is 36.2 Å². The Balaban J connectivity index is 1.93. The van der Waals surface area contributed by atoms with E-state index in [1.165, 1.54) is 6.42 Å². The minimum atomic E-state index is 0.568. The van der Waals surface area contributed by atoms with Crippen LogP contribution in [-0.4, -0.2) is 40.8 Å². The average molecular weight is 296 g/mol. The number of likely N-dealkylation sites (N-methyl/N-ethyl adjacent to an activating group) is 1. The molecule has 1 saturated heterocycles. The molecule has 2 aromatic heterocycles. The van der Waals surface area contributed by atoms with Crippen molar-refractivity contribution in [1.82, 2.24) is 19.9 Å². The van der Waals surface area contributed by atoms with Crippen molar-refractivity contribution in [3.63, 3.8) is 0 Å². The van der Waals surface area contributed by atoms with Gasteiger partial charge in [-0.15, -0.1) is 5.10 Å². The first-order chi connectivity index (χ1) is 8.28. The fourth-order valence-electron chi connectivity index (χ4n) is 2.21. The molecule has 1 atom stereocenters. The van der Waals surface area contributed by atoms with Gasteiger partial charge in [0.15, 0.2) is 5.65 Å². The maximum Gasteiger partial charge on any atom is 0.154 e. The molecule has 1 unspecified atom stereocenters. The van der Waals surface area contributed by atoms with Crippen LogP contribution < -0.4 is 10.2 Å². The summed E-state index contributed by atoms with van der Waals surface area (Å²) in [7, 11) is 2.01. The van der Waals surface area contributed by atoms with Crippen LogP contribution in [-0.2, 0) is 0 Å². The number of halogens is 1. The van der Waals surface area contributed by atoms with Crippen molar-refractivity contribution in [3.8, 4) is 0 Å². The van der Waals surface area contributed by atoms with Crippen molar-refractivity contribution in [1.29, 1.82) is 0 Å². The largest absolute Gasteiger partial charge is 0.354 e. The molecule has 1 N–H and O–H groups in total. The van der Waals surface area contributed by atoms with Gasteiger partial charge in [0.05, 0.1) is 6.20 Å². The predicted molar refractivity (Wildman–Crippen MR) is 70.4 cm³/mol. The van der Waals surface area contributed by atoms with Gasteiger partial charge in [-0.1, -0.05) is 0 Å². The van der Waals surface area contributed by atoms with Crippen LogP contribution in [0.1, 0.15) is 6.42 Å². The molecule has 3 rings (SSSR count). The Morgan fingerprint density at radius 1 is 1.47 bits per heavy atom. The molecule has 0 radical (unpaired) electrons.